The lowest BCUT2D eigenvalue weighted by Gasteiger charge is -2.13. The number of hydrogen-bond donors (Lipinski definition) is 2. The largest absolute Gasteiger partial charge is 0.464 e. The fourth-order valence-electron chi connectivity index (χ4n) is 0.900. The van der Waals surface area contributed by atoms with E-state index in [9.17, 15) is 9.90 Å². The van der Waals surface area contributed by atoms with E-state index >= 15 is 0 Å². The normalized spacial score (nSPS) is 14.7. The Balaban J connectivity index is 3.53. The molecule has 1 unspecified atom stereocenters. The van der Waals surface area contributed by atoms with Crippen molar-refractivity contribution in [1.82, 2.24) is 0 Å². The van der Waals surface area contributed by atoms with Crippen molar-refractivity contribution in [1.29, 1.82) is 0 Å². The van der Waals surface area contributed by atoms with Gasteiger partial charge in [-0.25, -0.2) is 4.79 Å². The van der Waals surface area contributed by atoms with Crippen LogP contribution in [0.4, 0.5) is 0 Å². The number of aliphatic hydroxyl groups is 1. The number of aliphatic hydroxyl groups excluding tert-OH is 1. The van der Waals surface area contributed by atoms with Crippen molar-refractivity contribution in [2.75, 3.05) is 33.5 Å². The van der Waals surface area contributed by atoms with E-state index in [4.69, 9.17) is 15.2 Å². The summed E-state index contributed by atoms with van der Waals surface area (Å²) in [5.41, 5.74) is 5.56. The van der Waals surface area contributed by atoms with Gasteiger partial charge in [-0.05, 0) is 6.92 Å². The Hall–Kier alpha value is -0.690. The minimum absolute atomic E-state index is 0.115. The van der Waals surface area contributed by atoms with Crippen molar-refractivity contribution in [2.24, 2.45) is 5.73 Å². The van der Waals surface area contributed by atoms with Crippen LogP contribution >= 0.6 is 0 Å². The minimum Gasteiger partial charge on any atom is -0.464 e. The van der Waals surface area contributed by atoms with E-state index in [-0.39, 0.29) is 25.9 Å². The third-order valence-corrected chi connectivity index (χ3v) is 1.55. The monoisotopic (exact) mass is 221 g/mol. The van der Waals surface area contributed by atoms with E-state index < -0.39 is 12.1 Å². The summed E-state index contributed by atoms with van der Waals surface area (Å²) in [6, 6.07) is -0.260. The third kappa shape index (κ3) is 7.26. The number of rotatable bonds is 8. The molecule has 0 rings (SSSR count). The van der Waals surface area contributed by atoms with Crippen LogP contribution < -0.4 is 5.73 Å². The summed E-state index contributed by atoms with van der Waals surface area (Å²) in [6.45, 7) is 2.38. The molecule has 0 aromatic carbocycles. The van der Waals surface area contributed by atoms with Crippen molar-refractivity contribution in [3.63, 3.8) is 0 Å². The molecule has 0 aromatic heterocycles. The van der Waals surface area contributed by atoms with Crippen LogP contribution in [0.15, 0.2) is 0 Å². The van der Waals surface area contributed by atoms with Crippen LogP contribution in [0.3, 0.4) is 0 Å². The molecular formula is C9H19NO5. The second kappa shape index (κ2) is 8.60. The molecule has 0 saturated heterocycles. The lowest BCUT2D eigenvalue weighted by atomic mass is 10.3. The molecule has 0 saturated carbocycles. The lowest BCUT2D eigenvalue weighted by molar-refractivity contribution is -0.156. The van der Waals surface area contributed by atoms with Crippen molar-refractivity contribution < 1.29 is 24.1 Å². The first-order chi connectivity index (χ1) is 7.11. The van der Waals surface area contributed by atoms with E-state index in [1.165, 1.54) is 7.11 Å². The van der Waals surface area contributed by atoms with Crippen molar-refractivity contribution in [3.05, 3.63) is 0 Å². The summed E-state index contributed by atoms with van der Waals surface area (Å²) in [5, 5.41) is 9.22. The zero-order valence-electron chi connectivity index (χ0n) is 9.14. The van der Waals surface area contributed by atoms with Crippen molar-refractivity contribution in [2.45, 2.75) is 19.1 Å². The van der Waals surface area contributed by atoms with Gasteiger partial charge in [0.05, 0.1) is 32.5 Å². The highest BCUT2D eigenvalue weighted by molar-refractivity contribution is 5.74. The Kier molecular flexibility index (Phi) is 8.21. The average Bonchev–Trinajstić information content (AvgIpc) is 2.18. The zero-order chi connectivity index (χ0) is 11.7. The first kappa shape index (κ1) is 14.3. The molecule has 0 aromatic rings. The summed E-state index contributed by atoms with van der Waals surface area (Å²) in [4.78, 5) is 10.9. The van der Waals surface area contributed by atoms with E-state index in [0.717, 1.165) is 0 Å². The number of nitrogens with two attached hydrogens (primary N) is 1. The second-order valence-corrected chi connectivity index (χ2v) is 3.02. The van der Waals surface area contributed by atoms with Crippen LogP contribution in [0.1, 0.15) is 6.92 Å². The number of methoxy groups -OCH3 is 1. The van der Waals surface area contributed by atoms with E-state index in [0.29, 0.717) is 6.61 Å². The van der Waals surface area contributed by atoms with Gasteiger partial charge in [0.25, 0.3) is 0 Å². The summed E-state index contributed by atoms with van der Waals surface area (Å²) in [5.74, 6) is -0.683. The molecular weight excluding hydrogens is 202 g/mol. The van der Waals surface area contributed by atoms with Gasteiger partial charge >= 0.3 is 5.97 Å². The van der Waals surface area contributed by atoms with E-state index in [1.807, 2.05) is 0 Å². The highest BCUT2D eigenvalue weighted by atomic mass is 16.6. The Bertz CT molecular complexity index is 176. The predicted octanol–water partition coefficient (Wildman–Crippen LogP) is -1.10. The maximum Gasteiger partial charge on any atom is 0.337 e. The molecule has 0 amide bonds. The first-order valence-electron chi connectivity index (χ1n) is 4.78. The quantitative estimate of drug-likeness (QED) is 0.506. The van der Waals surface area contributed by atoms with Gasteiger partial charge in [-0.15, -0.1) is 0 Å². The molecule has 3 N–H and O–H groups in total. The number of esters is 1. The minimum atomic E-state index is -1.25. The smallest absolute Gasteiger partial charge is 0.337 e. The van der Waals surface area contributed by atoms with Crippen LogP contribution in [-0.2, 0) is 19.0 Å². The highest BCUT2D eigenvalue weighted by Gasteiger charge is 2.16. The van der Waals surface area contributed by atoms with Crippen LogP contribution in [-0.4, -0.2) is 56.8 Å². The van der Waals surface area contributed by atoms with Gasteiger partial charge in [-0.2, -0.15) is 0 Å². The second-order valence-electron chi connectivity index (χ2n) is 3.02. The predicted molar refractivity (Wildman–Crippen MR) is 53.3 cm³/mol. The van der Waals surface area contributed by atoms with Crippen LogP contribution in [0.5, 0.6) is 0 Å². The number of hydrogen-bond acceptors (Lipinski definition) is 6. The number of carbonyl (C=O) groups is 1. The molecule has 6 nitrogen and oxygen atoms in total. The van der Waals surface area contributed by atoms with Crippen molar-refractivity contribution >= 4 is 5.97 Å². The van der Waals surface area contributed by atoms with Crippen LogP contribution in [0.25, 0.3) is 0 Å². The Morgan fingerprint density at radius 1 is 1.40 bits per heavy atom. The van der Waals surface area contributed by atoms with Crippen LogP contribution in [0, 0.1) is 0 Å². The van der Waals surface area contributed by atoms with Crippen molar-refractivity contribution in [3.8, 4) is 0 Å². The summed E-state index contributed by atoms with van der Waals surface area (Å²) in [6.07, 6.45) is -1.25. The molecule has 6 heteroatoms. The number of carbonyl (C=O) groups excluding carboxylic acids is 1. The summed E-state index contributed by atoms with van der Waals surface area (Å²) < 4.78 is 14.4. The Morgan fingerprint density at radius 2 is 2.07 bits per heavy atom. The lowest BCUT2D eigenvalue weighted by Crippen LogP contribution is -2.34. The van der Waals surface area contributed by atoms with Gasteiger partial charge in [-0.3, -0.25) is 0 Å². The molecule has 0 spiro atoms. The molecule has 0 fully saturated rings. The molecule has 0 bridgehead atoms. The average molecular weight is 221 g/mol. The van der Waals surface area contributed by atoms with Gasteiger partial charge < -0.3 is 25.1 Å². The van der Waals surface area contributed by atoms with E-state index in [2.05, 4.69) is 4.74 Å². The van der Waals surface area contributed by atoms with Gasteiger partial charge in [0.2, 0.25) is 0 Å². The van der Waals surface area contributed by atoms with Gasteiger partial charge in [0, 0.05) is 7.11 Å². The van der Waals surface area contributed by atoms with Gasteiger partial charge in [-0.1, -0.05) is 0 Å². The first-order valence-corrected chi connectivity index (χ1v) is 4.78. The third-order valence-electron chi connectivity index (χ3n) is 1.55. The maximum absolute atomic E-state index is 10.9. The standard InChI is InChI=1S/C9H19NO5/c1-3-15-9(12)8(11)6-14-5-7(10)4-13-2/h7-8,11H,3-6,10H2,1-2H3/t7-,8?/m0/s1. The molecule has 0 aliphatic rings. The Morgan fingerprint density at radius 3 is 2.60 bits per heavy atom. The molecule has 2 atom stereocenters. The molecule has 90 valence electrons. The van der Waals surface area contributed by atoms with E-state index in [1.54, 1.807) is 6.92 Å². The maximum atomic E-state index is 10.9. The molecule has 15 heavy (non-hydrogen) atoms. The fraction of sp³-hybridized carbons (Fsp3) is 0.889. The van der Waals surface area contributed by atoms with Gasteiger partial charge in [0.1, 0.15) is 0 Å². The molecule has 0 aliphatic carbocycles. The SMILES string of the molecule is CCOC(=O)C(O)COC[C@@H](N)COC. The molecule has 0 heterocycles. The topological polar surface area (TPSA) is 91.0 Å². The molecule has 0 aliphatic heterocycles. The van der Waals surface area contributed by atoms with Crippen LogP contribution in [0.2, 0.25) is 0 Å². The summed E-state index contributed by atoms with van der Waals surface area (Å²) in [7, 11) is 1.54. The molecule has 0 radical (unpaired) electrons. The Labute approximate surface area is 89.3 Å². The zero-order valence-corrected chi connectivity index (χ0v) is 9.14. The number of ether oxygens (including phenoxy) is 3. The van der Waals surface area contributed by atoms with Gasteiger partial charge in [0.15, 0.2) is 6.10 Å². The summed E-state index contributed by atoms with van der Waals surface area (Å²) >= 11 is 0. The fourth-order valence-corrected chi connectivity index (χ4v) is 0.900. The highest BCUT2D eigenvalue weighted by Crippen LogP contribution is 1.92.